The number of aryl methyl sites for hydroxylation is 1. The maximum atomic E-state index is 12.5. The fraction of sp³-hybridized carbons (Fsp3) is 0.471. The van der Waals surface area contributed by atoms with E-state index in [0.29, 0.717) is 6.54 Å². The number of hydrogen-bond donors (Lipinski definition) is 2. The first-order valence-electron chi connectivity index (χ1n) is 7.97. The summed E-state index contributed by atoms with van der Waals surface area (Å²) in [7, 11) is 1.66. The average Bonchev–Trinajstić information content (AvgIpc) is 2.92. The zero-order valence-corrected chi connectivity index (χ0v) is 15.7. The Balaban J connectivity index is 0.00000208. The summed E-state index contributed by atoms with van der Waals surface area (Å²) in [4.78, 5) is 15.6. The van der Waals surface area contributed by atoms with E-state index in [4.69, 9.17) is 4.74 Å². The Morgan fingerprint density at radius 2 is 2.12 bits per heavy atom. The van der Waals surface area contributed by atoms with Crippen molar-refractivity contribution in [2.75, 3.05) is 46.4 Å². The molecule has 0 aliphatic carbocycles. The lowest BCUT2D eigenvalue weighted by atomic mass is 10.1. The molecule has 2 aromatic rings. The fourth-order valence-corrected chi connectivity index (χ4v) is 3.99. The highest BCUT2D eigenvalue weighted by Gasteiger charge is 2.16. The van der Waals surface area contributed by atoms with Gasteiger partial charge < -0.3 is 15.4 Å². The van der Waals surface area contributed by atoms with Crippen LogP contribution in [0.3, 0.4) is 0 Å². The minimum absolute atomic E-state index is 0. The standard InChI is InChI=1S/C17H23N3O2S.ClH/c1-12-14-11-13(22-2)3-4-15(14)23-16(12)17(21)19-7-10-20-8-5-18-6-9-20;/h3-4,11,18H,5-10H2,1-2H3,(H,19,21);1H. The summed E-state index contributed by atoms with van der Waals surface area (Å²) in [6.45, 7) is 7.77. The van der Waals surface area contributed by atoms with Crippen LogP contribution in [0.1, 0.15) is 15.2 Å². The third kappa shape index (κ3) is 4.19. The van der Waals surface area contributed by atoms with Gasteiger partial charge in [0, 0.05) is 44.0 Å². The van der Waals surface area contributed by atoms with E-state index in [1.54, 1.807) is 18.4 Å². The number of piperazine rings is 1. The number of rotatable bonds is 5. The summed E-state index contributed by atoms with van der Waals surface area (Å²) in [6, 6.07) is 5.95. The number of methoxy groups -OCH3 is 1. The number of ether oxygens (including phenoxy) is 1. The number of carbonyl (C=O) groups is 1. The maximum absolute atomic E-state index is 12.5. The molecule has 1 aromatic carbocycles. The molecule has 0 spiro atoms. The van der Waals surface area contributed by atoms with Crippen molar-refractivity contribution in [1.82, 2.24) is 15.5 Å². The van der Waals surface area contributed by atoms with Gasteiger partial charge in [0.2, 0.25) is 0 Å². The highest BCUT2D eigenvalue weighted by Crippen LogP contribution is 2.33. The van der Waals surface area contributed by atoms with Gasteiger partial charge in [-0.2, -0.15) is 0 Å². The maximum Gasteiger partial charge on any atom is 0.261 e. The van der Waals surface area contributed by atoms with Gasteiger partial charge in [-0.3, -0.25) is 9.69 Å². The van der Waals surface area contributed by atoms with Crippen molar-refractivity contribution >= 4 is 39.7 Å². The smallest absolute Gasteiger partial charge is 0.261 e. The number of halogens is 1. The van der Waals surface area contributed by atoms with Crippen LogP contribution in [0.25, 0.3) is 10.1 Å². The number of nitrogens with zero attached hydrogens (tertiary/aromatic N) is 1. The van der Waals surface area contributed by atoms with Crippen LogP contribution in [0, 0.1) is 6.92 Å². The van der Waals surface area contributed by atoms with Crippen molar-refractivity contribution in [3.8, 4) is 5.75 Å². The molecule has 7 heteroatoms. The van der Waals surface area contributed by atoms with Crippen molar-refractivity contribution < 1.29 is 9.53 Å². The van der Waals surface area contributed by atoms with Gasteiger partial charge in [-0.1, -0.05) is 0 Å². The molecule has 1 saturated heterocycles. The van der Waals surface area contributed by atoms with Crippen LogP contribution in [0.2, 0.25) is 0 Å². The van der Waals surface area contributed by atoms with E-state index in [0.717, 1.165) is 59.0 Å². The third-order valence-corrected chi connectivity index (χ3v) is 5.54. The summed E-state index contributed by atoms with van der Waals surface area (Å²) in [5, 5.41) is 7.49. The molecular formula is C17H24ClN3O2S. The molecule has 0 saturated carbocycles. The molecule has 0 unspecified atom stereocenters. The third-order valence-electron chi connectivity index (χ3n) is 4.27. The molecule has 1 aliphatic heterocycles. The van der Waals surface area contributed by atoms with E-state index < -0.39 is 0 Å². The monoisotopic (exact) mass is 369 g/mol. The molecule has 24 heavy (non-hydrogen) atoms. The Morgan fingerprint density at radius 3 is 2.83 bits per heavy atom. The molecule has 2 N–H and O–H groups in total. The number of fused-ring (bicyclic) bond motifs is 1. The molecule has 1 aromatic heterocycles. The molecule has 2 heterocycles. The molecule has 0 bridgehead atoms. The number of hydrogen-bond acceptors (Lipinski definition) is 5. The van der Waals surface area contributed by atoms with Gasteiger partial charge in [-0.15, -0.1) is 23.7 Å². The summed E-state index contributed by atoms with van der Waals surface area (Å²) in [6.07, 6.45) is 0. The van der Waals surface area contributed by atoms with Gasteiger partial charge in [-0.25, -0.2) is 0 Å². The second-order valence-corrected chi connectivity index (χ2v) is 6.82. The molecule has 0 radical (unpaired) electrons. The van der Waals surface area contributed by atoms with Gasteiger partial charge in [0.25, 0.3) is 5.91 Å². The molecule has 132 valence electrons. The lowest BCUT2D eigenvalue weighted by Crippen LogP contribution is -2.46. The number of nitrogens with one attached hydrogen (secondary N) is 2. The molecule has 1 aliphatic rings. The number of amides is 1. The predicted molar refractivity (Wildman–Crippen MR) is 102 cm³/mol. The molecule has 1 amide bonds. The van der Waals surface area contributed by atoms with Crippen molar-refractivity contribution in [2.24, 2.45) is 0 Å². The van der Waals surface area contributed by atoms with Gasteiger partial charge in [0.1, 0.15) is 5.75 Å². The fourth-order valence-electron chi connectivity index (χ4n) is 2.89. The first-order chi connectivity index (χ1) is 11.2. The zero-order chi connectivity index (χ0) is 16.2. The lowest BCUT2D eigenvalue weighted by molar-refractivity contribution is 0.0951. The molecular weight excluding hydrogens is 346 g/mol. The average molecular weight is 370 g/mol. The first kappa shape index (κ1) is 19.0. The van der Waals surface area contributed by atoms with Crippen LogP contribution in [0.15, 0.2) is 18.2 Å². The molecule has 1 fully saturated rings. The number of benzene rings is 1. The van der Waals surface area contributed by atoms with Crippen molar-refractivity contribution in [2.45, 2.75) is 6.92 Å². The van der Waals surface area contributed by atoms with E-state index >= 15 is 0 Å². The Kier molecular flexibility index (Phi) is 6.86. The summed E-state index contributed by atoms with van der Waals surface area (Å²) < 4.78 is 6.39. The first-order valence-corrected chi connectivity index (χ1v) is 8.79. The van der Waals surface area contributed by atoms with Crippen LogP contribution < -0.4 is 15.4 Å². The number of thiophene rings is 1. The highest BCUT2D eigenvalue weighted by atomic mass is 35.5. The quantitative estimate of drug-likeness (QED) is 0.849. The van der Waals surface area contributed by atoms with Crippen molar-refractivity contribution in [1.29, 1.82) is 0 Å². The summed E-state index contributed by atoms with van der Waals surface area (Å²) in [5.74, 6) is 0.849. The topological polar surface area (TPSA) is 53.6 Å². The Morgan fingerprint density at radius 1 is 1.38 bits per heavy atom. The van der Waals surface area contributed by atoms with Crippen LogP contribution in [-0.2, 0) is 0 Å². The molecule has 5 nitrogen and oxygen atoms in total. The minimum atomic E-state index is 0. The molecule has 0 atom stereocenters. The van der Waals surface area contributed by atoms with Gasteiger partial charge in [0.05, 0.1) is 12.0 Å². The zero-order valence-electron chi connectivity index (χ0n) is 14.1. The van der Waals surface area contributed by atoms with Crippen LogP contribution in [-0.4, -0.2) is 57.2 Å². The number of carbonyl (C=O) groups excluding carboxylic acids is 1. The van der Waals surface area contributed by atoms with Gasteiger partial charge >= 0.3 is 0 Å². The van der Waals surface area contributed by atoms with Crippen LogP contribution in [0.4, 0.5) is 0 Å². The van der Waals surface area contributed by atoms with Crippen molar-refractivity contribution in [3.63, 3.8) is 0 Å². The van der Waals surface area contributed by atoms with Crippen LogP contribution in [0.5, 0.6) is 5.75 Å². The van der Waals surface area contributed by atoms with E-state index in [-0.39, 0.29) is 18.3 Å². The molecule has 3 rings (SSSR count). The minimum Gasteiger partial charge on any atom is -0.497 e. The lowest BCUT2D eigenvalue weighted by Gasteiger charge is -2.27. The van der Waals surface area contributed by atoms with Gasteiger partial charge in [-0.05, 0) is 36.1 Å². The summed E-state index contributed by atoms with van der Waals surface area (Å²) in [5.41, 5.74) is 1.03. The Hall–Kier alpha value is -1.34. The second-order valence-electron chi connectivity index (χ2n) is 5.77. The van der Waals surface area contributed by atoms with Crippen molar-refractivity contribution in [3.05, 3.63) is 28.6 Å². The van der Waals surface area contributed by atoms with Crippen LogP contribution >= 0.6 is 23.7 Å². The van der Waals surface area contributed by atoms with E-state index in [9.17, 15) is 4.79 Å². The SMILES string of the molecule is COc1ccc2sc(C(=O)NCCN3CCNCC3)c(C)c2c1.Cl. The summed E-state index contributed by atoms with van der Waals surface area (Å²) >= 11 is 1.55. The Bertz CT molecular complexity index is 698. The predicted octanol–water partition coefficient (Wildman–Crippen LogP) is 2.28. The van der Waals surface area contributed by atoms with E-state index in [2.05, 4.69) is 15.5 Å². The highest BCUT2D eigenvalue weighted by molar-refractivity contribution is 7.21. The Labute approximate surface area is 152 Å². The van der Waals surface area contributed by atoms with E-state index in [1.807, 2.05) is 25.1 Å². The normalized spacial score (nSPS) is 15.1. The second kappa shape index (κ2) is 8.67. The van der Waals surface area contributed by atoms with Gasteiger partial charge in [0.15, 0.2) is 0 Å². The van der Waals surface area contributed by atoms with E-state index in [1.165, 1.54) is 0 Å². The largest absolute Gasteiger partial charge is 0.497 e.